The van der Waals surface area contributed by atoms with Crippen molar-refractivity contribution >= 4 is 17.6 Å². The molecule has 202 valence electrons. The Labute approximate surface area is 230 Å². The van der Waals surface area contributed by atoms with Gasteiger partial charge in [-0.2, -0.15) is 5.10 Å². The quantitative estimate of drug-likeness (QED) is 0.269. The first-order chi connectivity index (χ1) is 18.8. The third-order valence-corrected chi connectivity index (χ3v) is 6.33. The first-order valence-electron chi connectivity index (χ1n) is 13.2. The van der Waals surface area contributed by atoms with Crippen molar-refractivity contribution in [3.8, 4) is 16.8 Å². The number of aryl methyl sites for hydroxylation is 2. The van der Waals surface area contributed by atoms with Gasteiger partial charge >= 0.3 is 0 Å². The van der Waals surface area contributed by atoms with Crippen LogP contribution >= 0.6 is 0 Å². The van der Waals surface area contributed by atoms with Gasteiger partial charge in [0.2, 0.25) is 11.8 Å². The molecule has 0 unspecified atom stereocenters. The van der Waals surface area contributed by atoms with Crippen molar-refractivity contribution in [3.05, 3.63) is 102 Å². The number of hydrogen-bond donors (Lipinski definition) is 1. The smallest absolute Gasteiger partial charge is 0.249 e. The number of aromatic nitrogens is 2. The van der Waals surface area contributed by atoms with Crippen LogP contribution in [0.4, 0.5) is 5.82 Å². The predicted molar refractivity (Wildman–Crippen MR) is 155 cm³/mol. The Morgan fingerprint density at radius 2 is 1.56 bits per heavy atom. The number of hydrogen-bond acceptors (Lipinski definition) is 4. The van der Waals surface area contributed by atoms with E-state index in [-0.39, 0.29) is 30.9 Å². The fourth-order valence-corrected chi connectivity index (χ4v) is 4.53. The van der Waals surface area contributed by atoms with Gasteiger partial charge in [-0.1, -0.05) is 92.7 Å². The molecular formula is C32H36N4O3. The van der Waals surface area contributed by atoms with E-state index in [1.165, 1.54) is 0 Å². The lowest BCUT2D eigenvalue weighted by Crippen LogP contribution is -2.42. The van der Waals surface area contributed by atoms with Gasteiger partial charge in [0.25, 0.3) is 0 Å². The lowest BCUT2D eigenvalue weighted by atomic mass is 10.1. The Bertz CT molecular complexity index is 1400. The summed E-state index contributed by atoms with van der Waals surface area (Å²) in [7, 11) is 0. The highest BCUT2D eigenvalue weighted by Gasteiger charge is 2.24. The summed E-state index contributed by atoms with van der Waals surface area (Å²) < 4.78 is 7.46. The molecule has 7 heteroatoms. The molecule has 0 atom stereocenters. The van der Waals surface area contributed by atoms with Crippen LogP contribution in [0.3, 0.4) is 0 Å². The number of carbonyl (C=O) groups excluding carboxylic acids is 2. The van der Waals surface area contributed by atoms with Crippen LogP contribution < -0.4 is 5.32 Å². The van der Waals surface area contributed by atoms with Crippen molar-refractivity contribution in [2.24, 2.45) is 5.92 Å². The number of anilines is 1. The topological polar surface area (TPSA) is 76.5 Å². The Morgan fingerprint density at radius 3 is 2.23 bits per heavy atom. The van der Waals surface area contributed by atoms with Gasteiger partial charge < -0.3 is 15.0 Å². The zero-order valence-electron chi connectivity index (χ0n) is 23.1. The Balaban J connectivity index is 1.56. The van der Waals surface area contributed by atoms with Crippen LogP contribution in [0.5, 0.6) is 0 Å². The van der Waals surface area contributed by atoms with Crippen LogP contribution in [0.1, 0.15) is 30.7 Å². The molecule has 4 rings (SSSR count). The van der Waals surface area contributed by atoms with Crippen molar-refractivity contribution in [3.63, 3.8) is 0 Å². The average Bonchev–Trinajstić information content (AvgIpc) is 3.24. The summed E-state index contributed by atoms with van der Waals surface area (Å²) in [6.45, 7) is 8.60. The number of rotatable bonds is 11. The van der Waals surface area contributed by atoms with E-state index < -0.39 is 0 Å². The standard InChI is InChI=1S/C32H36N4O3/c1-23(2)19-35(30(38)22-39-21-26-14-7-5-8-15-26)20-29(37)33-32-31(27-16-9-6-10-17-27)25(4)34-36(32)28-18-12-11-13-24(28)3/h5-18,23H,19-22H2,1-4H3,(H,33,37). The van der Waals surface area contributed by atoms with Crippen molar-refractivity contribution in [2.75, 3.05) is 25.0 Å². The molecule has 0 radical (unpaired) electrons. The number of benzene rings is 3. The van der Waals surface area contributed by atoms with Gasteiger partial charge in [-0.3, -0.25) is 9.59 Å². The van der Waals surface area contributed by atoms with Crippen LogP contribution in [0, 0.1) is 19.8 Å². The van der Waals surface area contributed by atoms with Crippen molar-refractivity contribution in [2.45, 2.75) is 34.3 Å². The average molecular weight is 525 g/mol. The van der Waals surface area contributed by atoms with E-state index in [0.29, 0.717) is 19.0 Å². The second-order valence-corrected chi connectivity index (χ2v) is 10.1. The van der Waals surface area contributed by atoms with E-state index in [2.05, 4.69) is 5.32 Å². The molecule has 0 fully saturated rings. The second-order valence-electron chi connectivity index (χ2n) is 10.1. The molecule has 1 aromatic heterocycles. The monoisotopic (exact) mass is 524 g/mol. The minimum absolute atomic E-state index is 0.0854. The molecule has 0 bridgehead atoms. The maximum atomic E-state index is 13.5. The van der Waals surface area contributed by atoms with Crippen LogP contribution in [0.2, 0.25) is 0 Å². The van der Waals surface area contributed by atoms with E-state index in [1.807, 2.05) is 113 Å². The molecule has 0 spiro atoms. The lowest BCUT2D eigenvalue weighted by Gasteiger charge is -2.24. The molecule has 1 N–H and O–H groups in total. The highest BCUT2D eigenvalue weighted by molar-refractivity contribution is 5.98. The molecule has 1 heterocycles. The number of carbonyl (C=O) groups is 2. The summed E-state index contributed by atoms with van der Waals surface area (Å²) in [5.74, 6) is 0.256. The SMILES string of the molecule is Cc1ccccc1-n1nc(C)c(-c2ccccc2)c1NC(=O)CN(CC(C)C)C(=O)COCc1ccccc1. The summed E-state index contributed by atoms with van der Waals surface area (Å²) in [6, 6.07) is 27.5. The minimum Gasteiger partial charge on any atom is -0.367 e. The van der Waals surface area contributed by atoms with Crippen molar-refractivity contribution < 1.29 is 14.3 Å². The third kappa shape index (κ3) is 7.21. The molecule has 3 aromatic carbocycles. The molecule has 0 saturated heterocycles. The molecule has 4 aromatic rings. The van der Waals surface area contributed by atoms with E-state index in [0.717, 1.165) is 33.6 Å². The second kappa shape index (κ2) is 13.0. The molecule has 0 saturated carbocycles. The van der Waals surface area contributed by atoms with E-state index >= 15 is 0 Å². The fourth-order valence-electron chi connectivity index (χ4n) is 4.53. The summed E-state index contributed by atoms with van der Waals surface area (Å²) in [4.78, 5) is 28.1. The van der Waals surface area contributed by atoms with Gasteiger partial charge in [-0.25, -0.2) is 4.68 Å². The molecule has 39 heavy (non-hydrogen) atoms. The van der Waals surface area contributed by atoms with E-state index in [1.54, 1.807) is 9.58 Å². The van der Waals surface area contributed by atoms with Crippen LogP contribution in [-0.2, 0) is 20.9 Å². The predicted octanol–water partition coefficient (Wildman–Crippen LogP) is 5.80. The number of amides is 2. The van der Waals surface area contributed by atoms with E-state index in [4.69, 9.17) is 9.84 Å². The molecule has 0 aliphatic heterocycles. The molecule has 0 aliphatic carbocycles. The summed E-state index contributed by atoms with van der Waals surface area (Å²) >= 11 is 0. The van der Waals surface area contributed by atoms with Crippen molar-refractivity contribution in [1.29, 1.82) is 0 Å². The Kier molecular flexibility index (Phi) is 9.28. The summed E-state index contributed by atoms with van der Waals surface area (Å²) in [5, 5.41) is 7.90. The van der Waals surface area contributed by atoms with Gasteiger partial charge in [0, 0.05) is 12.1 Å². The van der Waals surface area contributed by atoms with Gasteiger partial charge in [0.1, 0.15) is 12.4 Å². The summed E-state index contributed by atoms with van der Waals surface area (Å²) in [6.07, 6.45) is 0. The first kappa shape index (κ1) is 27.8. The number of nitrogens with one attached hydrogen (secondary N) is 1. The molecule has 0 aliphatic rings. The zero-order chi connectivity index (χ0) is 27.8. The highest BCUT2D eigenvalue weighted by atomic mass is 16.5. The summed E-state index contributed by atoms with van der Waals surface area (Å²) in [5.41, 5.74) is 5.50. The van der Waals surface area contributed by atoms with Crippen molar-refractivity contribution in [1.82, 2.24) is 14.7 Å². The minimum atomic E-state index is -0.293. The Morgan fingerprint density at radius 1 is 0.923 bits per heavy atom. The maximum absolute atomic E-state index is 13.5. The first-order valence-corrected chi connectivity index (χ1v) is 13.2. The van der Waals surface area contributed by atoms with Crippen LogP contribution in [-0.4, -0.2) is 46.2 Å². The van der Waals surface area contributed by atoms with Gasteiger partial charge in [0.05, 0.1) is 24.5 Å². The maximum Gasteiger partial charge on any atom is 0.249 e. The third-order valence-electron chi connectivity index (χ3n) is 6.33. The molecular weight excluding hydrogens is 488 g/mol. The fraction of sp³-hybridized carbons (Fsp3) is 0.281. The van der Waals surface area contributed by atoms with Gasteiger partial charge in [-0.05, 0) is 42.5 Å². The number of para-hydroxylation sites is 1. The normalized spacial score (nSPS) is 11.0. The zero-order valence-corrected chi connectivity index (χ0v) is 23.1. The molecule has 7 nitrogen and oxygen atoms in total. The van der Waals surface area contributed by atoms with Gasteiger partial charge in [0.15, 0.2) is 0 Å². The largest absolute Gasteiger partial charge is 0.367 e. The Hall–Kier alpha value is -4.23. The number of ether oxygens (including phenoxy) is 1. The van der Waals surface area contributed by atoms with E-state index in [9.17, 15) is 9.59 Å². The lowest BCUT2D eigenvalue weighted by molar-refractivity contribution is -0.139. The van der Waals surface area contributed by atoms with Gasteiger partial charge in [-0.15, -0.1) is 0 Å². The highest BCUT2D eigenvalue weighted by Crippen LogP contribution is 2.34. The number of nitrogens with zero attached hydrogens (tertiary/aromatic N) is 3. The van der Waals surface area contributed by atoms with Crippen LogP contribution in [0.15, 0.2) is 84.9 Å². The van der Waals surface area contributed by atoms with Crippen LogP contribution in [0.25, 0.3) is 16.8 Å². The molecule has 2 amide bonds.